The number of benzene rings is 1. The Morgan fingerprint density at radius 2 is 1.93 bits per heavy atom. The molecule has 0 unspecified atom stereocenters. The summed E-state index contributed by atoms with van der Waals surface area (Å²) in [6, 6.07) is 7.91. The Morgan fingerprint density at radius 3 is 2.43 bits per heavy atom. The predicted octanol–water partition coefficient (Wildman–Crippen LogP) is 1.62. The first-order chi connectivity index (χ1) is 6.79. The standard InChI is InChI=1S/C11H14N2O/c1-12-9-4-2-8(3-5-9)11(14)13-10-6-7-10/h2-5,10,12H,6-7H2,1H3,(H,13,14). The van der Waals surface area contributed by atoms with Crippen LogP contribution in [0.15, 0.2) is 24.3 Å². The van der Waals surface area contributed by atoms with Gasteiger partial charge in [-0.3, -0.25) is 4.79 Å². The van der Waals surface area contributed by atoms with Crippen LogP contribution in [-0.4, -0.2) is 19.0 Å². The summed E-state index contributed by atoms with van der Waals surface area (Å²) < 4.78 is 0. The van der Waals surface area contributed by atoms with Crippen LogP contribution in [0.1, 0.15) is 23.2 Å². The number of anilines is 1. The van der Waals surface area contributed by atoms with Gasteiger partial charge in [-0.1, -0.05) is 0 Å². The summed E-state index contributed by atoms with van der Waals surface area (Å²) in [5.74, 6) is 0.0372. The summed E-state index contributed by atoms with van der Waals surface area (Å²) in [6.45, 7) is 0. The van der Waals surface area contributed by atoms with E-state index in [9.17, 15) is 4.79 Å². The molecule has 1 aromatic rings. The molecule has 1 amide bonds. The molecule has 74 valence electrons. The molecule has 14 heavy (non-hydrogen) atoms. The topological polar surface area (TPSA) is 41.1 Å². The highest BCUT2D eigenvalue weighted by atomic mass is 16.1. The number of amides is 1. The van der Waals surface area contributed by atoms with Gasteiger partial charge >= 0.3 is 0 Å². The van der Waals surface area contributed by atoms with Gasteiger partial charge < -0.3 is 10.6 Å². The lowest BCUT2D eigenvalue weighted by Crippen LogP contribution is -2.25. The lowest BCUT2D eigenvalue weighted by atomic mass is 10.2. The van der Waals surface area contributed by atoms with Gasteiger partial charge in [0.15, 0.2) is 0 Å². The Kier molecular flexibility index (Phi) is 2.39. The average molecular weight is 190 g/mol. The number of hydrogen-bond donors (Lipinski definition) is 2. The van der Waals surface area contributed by atoms with Crippen LogP contribution in [0.5, 0.6) is 0 Å². The van der Waals surface area contributed by atoms with Gasteiger partial charge in [0.1, 0.15) is 0 Å². The van der Waals surface area contributed by atoms with E-state index in [0.29, 0.717) is 6.04 Å². The maximum absolute atomic E-state index is 11.6. The molecule has 1 fully saturated rings. The smallest absolute Gasteiger partial charge is 0.251 e. The van der Waals surface area contributed by atoms with Gasteiger partial charge in [-0.15, -0.1) is 0 Å². The molecule has 1 aliphatic carbocycles. The second-order valence-electron chi connectivity index (χ2n) is 3.58. The molecule has 2 rings (SSSR count). The predicted molar refractivity (Wildman–Crippen MR) is 56.5 cm³/mol. The normalized spacial score (nSPS) is 14.9. The van der Waals surface area contributed by atoms with Crippen molar-refractivity contribution in [3.8, 4) is 0 Å². The van der Waals surface area contributed by atoms with Crippen molar-refractivity contribution < 1.29 is 4.79 Å². The van der Waals surface area contributed by atoms with E-state index in [4.69, 9.17) is 0 Å². The summed E-state index contributed by atoms with van der Waals surface area (Å²) in [5, 5.41) is 5.96. The summed E-state index contributed by atoms with van der Waals surface area (Å²) in [6.07, 6.45) is 2.25. The van der Waals surface area contributed by atoms with Crippen LogP contribution in [0.4, 0.5) is 5.69 Å². The first kappa shape index (κ1) is 9.06. The fraction of sp³-hybridized carbons (Fsp3) is 0.364. The number of hydrogen-bond acceptors (Lipinski definition) is 2. The molecule has 0 spiro atoms. The van der Waals surface area contributed by atoms with Gasteiger partial charge in [-0.05, 0) is 37.1 Å². The van der Waals surface area contributed by atoms with Crippen molar-refractivity contribution in [2.75, 3.05) is 12.4 Å². The zero-order chi connectivity index (χ0) is 9.97. The molecule has 0 bridgehead atoms. The first-order valence-corrected chi connectivity index (χ1v) is 4.88. The number of carbonyl (C=O) groups excluding carboxylic acids is 1. The average Bonchev–Trinajstić information content (AvgIpc) is 3.02. The highest BCUT2D eigenvalue weighted by Gasteiger charge is 2.23. The van der Waals surface area contributed by atoms with E-state index in [1.165, 1.54) is 0 Å². The molecule has 1 aromatic carbocycles. The molecule has 3 nitrogen and oxygen atoms in total. The van der Waals surface area contributed by atoms with Crippen molar-refractivity contribution in [3.05, 3.63) is 29.8 Å². The van der Waals surface area contributed by atoms with E-state index in [1.807, 2.05) is 31.3 Å². The number of nitrogens with one attached hydrogen (secondary N) is 2. The van der Waals surface area contributed by atoms with E-state index in [-0.39, 0.29) is 5.91 Å². The van der Waals surface area contributed by atoms with E-state index in [2.05, 4.69) is 10.6 Å². The van der Waals surface area contributed by atoms with Crippen LogP contribution in [-0.2, 0) is 0 Å². The van der Waals surface area contributed by atoms with Crippen LogP contribution in [0.2, 0.25) is 0 Å². The molecule has 0 radical (unpaired) electrons. The Hall–Kier alpha value is -1.51. The number of carbonyl (C=O) groups is 1. The minimum absolute atomic E-state index is 0.0372. The maximum Gasteiger partial charge on any atom is 0.251 e. The van der Waals surface area contributed by atoms with Crippen molar-refractivity contribution in [2.24, 2.45) is 0 Å². The summed E-state index contributed by atoms with van der Waals surface area (Å²) >= 11 is 0. The van der Waals surface area contributed by atoms with Gasteiger partial charge in [0.25, 0.3) is 5.91 Å². The largest absolute Gasteiger partial charge is 0.388 e. The molecule has 0 aliphatic heterocycles. The zero-order valence-electron chi connectivity index (χ0n) is 8.21. The molecular formula is C11H14N2O. The van der Waals surface area contributed by atoms with E-state index >= 15 is 0 Å². The molecule has 2 N–H and O–H groups in total. The third kappa shape index (κ3) is 2.05. The highest BCUT2D eigenvalue weighted by molar-refractivity contribution is 5.94. The quantitative estimate of drug-likeness (QED) is 0.760. The minimum Gasteiger partial charge on any atom is -0.388 e. The Morgan fingerprint density at radius 1 is 1.29 bits per heavy atom. The van der Waals surface area contributed by atoms with Crippen LogP contribution in [0.3, 0.4) is 0 Å². The highest BCUT2D eigenvalue weighted by Crippen LogP contribution is 2.19. The molecule has 0 saturated heterocycles. The third-order valence-electron chi connectivity index (χ3n) is 2.35. The van der Waals surface area contributed by atoms with Crippen molar-refractivity contribution in [1.29, 1.82) is 0 Å². The molecule has 0 aromatic heterocycles. The Labute approximate surface area is 83.5 Å². The Balaban J connectivity index is 2.03. The van der Waals surface area contributed by atoms with Crippen LogP contribution < -0.4 is 10.6 Å². The van der Waals surface area contributed by atoms with Crippen molar-refractivity contribution in [3.63, 3.8) is 0 Å². The summed E-state index contributed by atoms with van der Waals surface area (Å²) in [5.41, 5.74) is 1.75. The molecule has 0 heterocycles. The molecule has 1 saturated carbocycles. The maximum atomic E-state index is 11.6. The number of rotatable bonds is 3. The first-order valence-electron chi connectivity index (χ1n) is 4.88. The van der Waals surface area contributed by atoms with Gasteiger partial charge in [-0.25, -0.2) is 0 Å². The third-order valence-corrected chi connectivity index (χ3v) is 2.35. The summed E-state index contributed by atoms with van der Waals surface area (Å²) in [7, 11) is 1.86. The molecule has 3 heteroatoms. The lowest BCUT2D eigenvalue weighted by molar-refractivity contribution is 0.0951. The van der Waals surface area contributed by atoms with E-state index < -0.39 is 0 Å². The fourth-order valence-corrected chi connectivity index (χ4v) is 1.28. The van der Waals surface area contributed by atoms with Gasteiger partial charge in [0, 0.05) is 24.3 Å². The van der Waals surface area contributed by atoms with Crippen molar-refractivity contribution in [1.82, 2.24) is 5.32 Å². The Bertz CT molecular complexity index is 328. The van der Waals surface area contributed by atoms with Crippen molar-refractivity contribution in [2.45, 2.75) is 18.9 Å². The summed E-state index contributed by atoms with van der Waals surface area (Å²) in [4.78, 5) is 11.6. The fourth-order valence-electron chi connectivity index (χ4n) is 1.28. The zero-order valence-corrected chi connectivity index (χ0v) is 8.21. The molecular weight excluding hydrogens is 176 g/mol. The molecule has 0 atom stereocenters. The van der Waals surface area contributed by atoms with Gasteiger partial charge in [0.2, 0.25) is 0 Å². The van der Waals surface area contributed by atoms with Crippen molar-refractivity contribution >= 4 is 11.6 Å². The monoisotopic (exact) mass is 190 g/mol. The molecule has 1 aliphatic rings. The second kappa shape index (κ2) is 3.70. The minimum atomic E-state index is 0.0372. The van der Waals surface area contributed by atoms with Crippen LogP contribution >= 0.6 is 0 Å². The van der Waals surface area contributed by atoms with Crippen LogP contribution in [0, 0.1) is 0 Å². The van der Waals surface area contributed by atoms with Gasteiger partial charge in [0.05, 0.1) is 0 Å². The van der Waals surface area contributed by atoms with Gasteiger partial charge in [-0.2, -0.15) is 0 Å². The second-order valence-corrected chi connectivity index (χ2v) is 3.58. The SMILES string of the molecule is CNc1ccc(C(=O)NC2CC2)cc1. The van der Waals surface area contributed by atoms with Crippen LogP contribution in [0.25, 0.3) is 0 Å². The lowest BCUT2D eigenvalue weighted by Gasteiger charge is -2.04. The van der Waals surface area contributed by atoms with E-state index in [1.54, 1.807) is 0 Å². The van der Waals surface area contributed by atoms with E-state index in [0.717, 1.165) is 24.1 Å².